The standard InChI is InChI=1S/C19H23BrN4O4S/c1-13(25)17-11-18(23-29(27,28)16-9-5-6-14(20)10-16)22-24(17)12-19(26)21-15-7-3-2-4-8-15/h5-6,9-11,15H,2-4,7-8,12H2,1H3,(H,21,26)(H,22,23). The highest BCUT2D eigenvalue weighted by Crippen LogP contribution is 2.20. The first-order chi connectivity index (χ1) is 13.7. The predicted molar refractivity (Wildman–Crippen MR) is 112 cm³/mol. The monoisotopic (exact) mass is 482 g/mol. The van der Waals surface area contributed by atoms with Crippen LogP contribution in [-0.4, -0.2) is 35.9 Å². The van der Waals surface area contributed by atoms with Gasteiger partial charge in [-0.05, 0) is 31.0 Å². The molecule has 0 radical (unpaired) electrons. The van der Waals surface area contributed by atoms with Crippen LogP contribution in [0.3, 0.4) is 0 Å². The summed E-state index contributed by atoms with van der Waals surface area (Å²) in [5.74, 6) is -0.569. The molecule has 2 N–H and O–H groups in total. The van der Waals surface area contributed by atoms with E-state index in [9.17, 15) is 18.0 Å². The van der Waals surface area contributed by atoms with Gasteiger partial charge in [0.2, 0.25) is 5.91 Å². The molecule has 1 aromatic heterocycles. The number of sulfonamides is 1. The van der Waals surface area contributed by atoms with Gasteiger partial charge < -0.3 is 5.32 Å². The number of rotatable bonds is 7. The third kappa shape index (κ3) is 5.66. The van der Waals surface area contributed by atoms with Gasteiger partial charge in [0.05, 0.1) is 4.90 Å². The van der Waals surface area contributed by atoms with Crippen molar-refractivity contribution in [2.24, 2.45) is 0 Å². The largest absolute Gasteiger partial charge is 0.352 e. The van der Waals surface area contributed by atoms with Gasteiger partial charge in [-0.3, -0.25) is 19.0 Å². The van der Waals surface area contributed by atoms with Crippen molar-refractivity contribution >= 4 is 43.5 Å². The molecule has 1 amide bonds. The zero-order valence-electron chi connectivity index (χ0n) is 16.0. The van der Waals surface area contributed by atoms with Crippen molar-refractivity contribution < 1.29 is 18.0 Å². The van der Waals surface area contributed by atoms with E-state index in [1.165, 1.54) is 36.2 Å². The zero-order chi connectivity index (χ0) is 21.0. The van der Waals surface area contributed by atoms with Crippen LogP contribution in [-0.2, 0) is 21.4 Å². The number of halogens is 1. The first kappa shape index (κ1) is 21.5. The number of ketones is 1. The van der Waals surface area contributed by atoms with E-state index >= 15 is 0 Å². The maximum absolute atomic E-state index is 12.6. The lowest BCUT2D eigenvalue weighted by Gasteiger charge is -2.22. The van der Waals surface area contributed by atoms with Crippen molar-refractivity contribution in [3.8, 4) is 0 Å². The van der Waals surface area contributed by atoms with Crippen LogP contribution in [0.1, 0.15) is 49.5 Å². The zero-order valence-corrected chi connectivity index (χ0v) is 18.4. The van der Waals surface area contributed by atoms with Gasteiger partial charge in [-0.2, -0.15) is 5.10 Å². The Kier molecular flexibility index (Phi) is 6.74. The van der Waals surface area contributed by atoms with Crippen LogP contribution in [0.4, 0.5) is 5.82 Å². The Balaban J connectivity index is 1.76. The summed E-state index contributed by atoms with van der Waals surface area (Å²) in [5.41, 5.74) is 0.163. The molecule has 1 aliphatic rings. The Morgan fingerprint density at radius 3 is 2.59 bits per heavy atom. The molecule has 3 rings (SSSR count). The summed E-state index contributed by atoms with van der Waals surface area (Å²) in [7, 11) is -3.88. The third-order valence-corrected chi connectivity index (χ3v) is 6.60. The second-order valence-electron chi connectivity index (χ2n) is 7.09. The summed E-state index contributed by atoms with van der Waals surface area (Å²) >= 11 is 3.24. The number of amides is 1. The fourth-order valence-corrected chi connectivity index (χ4v) is 4.94. The molecule has 2 aromatic rings. The summed E-state index contributed by atoms with van der Waals surface area (Å²) < 4.78 is 29.4. The summed E-state index contributed by atoms with van der Waals surface area (Å²) in [5, 5.41) is 7.10. The van der Waals surface area contributed by atoms with Crippen molar-refractivity contribution in [2.45, 2.75) is 56.5 Å². The van der Waals surface area contributed by atoms with Crippen molar-refractivity contribution in [3.05, 3.63) is 40.5 Å². The van der Waals surface area contributed by atoms with Crippen molar-refractivity contribution in [3.63, 3.8) is 0 Å². The van der Waals surface area contributed by atoms with Crippen LogP contribution >= 0.6 is 15.9 Å². The Bertz CT molecular complexity index is 1010. The van der Waals surface area contributed by atoms with E-state index in [-0.39, 0.29) is 40.7 Å². The van der Waals surface area contributed by atoms with E-state index < -0.39 is 10.0 Å². The number of hydrogen-bond donors (Lipinski definition) is 2. The molecule has 1 aromatic carbocycles. The first-order valence-corrected chi connectivity index (χ1v) is 11.7. The smallest absolute Gasteiger partial charge is 0.263 e. The summed E-state index contributed by atoms with van der Waals surface area (Å²) in [6, 6.07) is 7.71. The van der Waals surface area contributed by atoms with Crippen molar-refractivity contribution in [1.82, 2.24) is 15.1 Å². The highest BCUT2D eigenvalue weighted by Gasteiger charge is 2.21. The van der Waals surface area contributed by atoms with Gasteiger partial charge in [-0.25, -0.2) is 8.42 Å². The molecule has 0 unspecified atom stereocenters. The SMILES string of the molecule is CC(=O)c1cc(NS(=O)(=O)c2cccc(Br)c2)nn1CC(=O)NC1CCCCC1. The molecule has 0 saturated heterocycles. The molecule has 156 valence electrons. The Labute approximate surface area is 178 Å². The molecule has 8 nitrogen and oxygen atoms in total. The van der Waals surface area contributed by atoms with Gasteiger partial charge in [0, 0.05) is 23.5 Å². The number of carbonyl (C=O) groups excluding carboxylic acids is 2. The minimum atomic E-state index is -3.88. The number of Topliss-reactive ketones (excluding diaryl/α,β-unsaturated/α-hetero) is 1. The van der Waals surface area contributed by atoms with Crippen molar-refractivity contribution in [1.29, 1.82) is 0 Å². The maximum atomic E-state index is 12.6. The van der Waals surface area contributed by atoms with Crippen molar-refractivity contribution in [2.75, 3.05) is 4.72 Å². The van der Waals surface area contributed by atoms with Crippen LogP contribution in [0.15, 0.2) is 39.7 Å². The predicted octanol–water partition coefficient (Wildman–Crippen LogP) is 3.10. The minimum Gasteiger partial charge on any atom is -0.352 e. The normalized spacial score (nSPS) is 15.1. The first-order valence-electron chi connectivity index (χ1n) is 9.41. The van der Waals surface area contributed by atoms with Gasteiger partial charge in [0.15, 0.2) is 11.6 Å². The van der Waals surface area contributed by atoms with Gasteiger partial charge in [-0.15, -0.1) is 0 Å². The van der Waals surface area contributed by atoms with Crippen LogP contribution in [0.25, 0.3) is 0 Å². The molecule has 1 fully saturated rings. The summed E-state index contributed by atoms with van der Waals surface area (Å²) in [6.07, 6.45) is 5.26. The number of benzene rings is 1. The number of nitrogens with zero attached hydrogens (tertiary/aromatic N) is 2. The lowest BCUT2D eigenvalue weighted by Crippen LogP contribution is -2.38. The molecule has 10 heteroatoms. The third-order valence-electron chi connectivity index (χ3n) is 4.75. The second kappa shape index (κ2) is 9.08. The topological polar surface area (TPSA) is 110 Å². The molecule has 1 saturated carbocycles. The van der Waals surface area contributed by atoms with E-state index in [4.69, 9.17) is 0 Å². The molecular formula is C19H23BrN4O4S. The van der Waals surface area contributed by atoms with E-state index in [1.54, 1.807) is 12.1 Å². The molecule has 1 aliphatic carbocycles. The van der Waals surface area contributed by atoms with E-state index in [0.717, 1.165) is 25.7 Å². The number of anilines is 1. The quantitative estimate of drug-likeness (QED) is 0.589. The van der Waals surface area contributed by atoms with Gasteiger partial charge in [0.25, 0.3) is 10.0 Å². The van der Waals surface area contributed by atoms with Gasteiger partial charge >= 0.3 is 0 Å². The molecule has 0 aliphatic heterocycles. The number of hydrogen-bond acceptors (Lipinski definition) is 5. The summed E-state index contributed by atoms with van der Waals surface area (Å²) in [6.45, 7) is 1.20. The highest BCUT2D eigenvalue weighted by atomic mass is 79.9. The van der Waals surface area contributed by atoms with E-state index in [1.807, 2.05) is 0 Å². The van der Waals surface area contributed by atoms with Crippen LogP contribution in [0, 0.1) is 0 Å². The average molecular weight is 483 g/mol. The number of aromatic nitrogens is 2. The molecule has 1 heterocycles. The summed E-state index contributed by atoms with van der Waals surface area (Å²) in [4.78, 5) is 24.4. The van der Waals surface area contributed by atoms with E-state index in [0.29, 0.717) is 4.47 Å². The molecule has 0 atom stereocenters. The van der Waals surface area contributed by atoms with Crippen LogP contribution in [0.5, 0.6) is 0 Å². The average Bonchev–Trinajstić information content (AvgIpc) is 3.04. The van der Waals surface area contributed by atoms with Crippen LogP contribution in [0.2, 0.25) is 0 Å². The Morgan fingerprint density at radius 1 is 1.21 bits per heavy atom. The second-order valence-corrected chi connectivity index (χ2v) is 9.69. The minimum absolute atomic E-state index is 0.0133. The highest BCUT2D eigenvalue weighted by molar-refractivity contribution is 9.10. The fourth-order valence-electron chi connectivity index (χ4n) is 3.36. The fraction of sp³-hybridized carbons (Fsp3) is 0.421. The van der Waals surface area contributed by atoms with Gasteiger partial charge in [0.1, 0.15) is 12.2 Å². The number of carbonyl (C=O) groups is 2. The lowest BCUT2D eigenvalue weighted by atomic mass is 9.95. The molecule has 29 heavy (non-hydrogen) atoms. The lowest BCUT2D eigenvalue weighted by molar-refractivity contribution is -0.122. The Hall–Kier alpha value is -2.20. The molecule has 0 spiro atoms. The van der Waals surface area contributed by atoms with Gasteiger partial charge in [-0.1, -0.05) is 41.3 Å². The van der Waals surface area contributed by atoms with Crippen LogP contribution < -0.4 is 10.0 Å². The molecular weight excluding hydrogens is 460 g/mol. The van der Waals surface area contributed by atoms with E-state index in [2.05, 4.69) is 31.1 Å². The maximum Gasteiger partial charge on any atom is 0.263 e. The number of nitrogens with one attached hydrogen (secondary N) is 2. The Morgan fingerprint density at radius 2 is 1.93 bits per heavy atom. The molecule has 0 bridgehead atoms.